The van der Waals surface area contributed by atoms with Gasteiger partial charge in [0.15, 0.2) is 0 Å². The van der Waals surface area contributed by atoms with Crippen molar-refractivity contribution in [3.05, 3.63) is 0 Å². The van der Waals surface area contributed by atoms with Gasteiger partial charge in [-0.3, -0.25) is 4.79 Å². The van der Waals surface area contributed by atoms with Crippen LogP contribution < -0.4 is 34.9 Å². The third-order valence-corrected chi connectivity index (χ3v) is 11.6. The van der Waals surface area contributed by atoms with Crippen LogP contribution in [0.3, 0.4) is 0 Å². The van der Waals surface area contributed by atoms with Gasteiger partial charge in [0, 0.05) is 13.0 Å². The quantitative estimate of drug-likeness (QED) is 0.321. The Balaban J connectivity index is 0.00000342. The molecule has 3 N–H and O–H groups in total. The Kier molecular flexibility index (Phi) is 9.54. The van der Waals surface area contributed by atoms with E-state index in [1.165, 1.54) is 6.42 Å². The fourth-order valence-electron chi connectivity index (χ4n) is 9.14. The first-order valence-corrected chi connectivity index (χ1v) is 15.0. The van der Waals surface area contributed by atoms with Gasteiger partial charge in [0.25, 0.3) is 0 Å². The van der Waals surface area contributed by atoms with Crippen molar-refractivity contribution in [3.63, 3.8) is 0 Å². The second kappa shape index (κ2) is 11.2. The summed E-state index contributed by atoms with van der Waals surface area (Å²) in [6, 6.07) is 0. The Labute approximate surface area is 233 Å². The van der Waals surface area contributed by atoms with Crippen molar-refractivity contribution in [2.75, 3.05) is 12.3 Å². The minimum atomic E-state index is -4.31. The van der Waals surface area contributed by atoms with Gasteiger partial charge in [-0.1, -0.05) is 20.8 Å². The fourth-order valence-corrected chi connectivity index (χ4v) is 9.49. The summed E-state index contributed by atoms with van der Waals surface area (Å²) in [5.41, 5.74) is 0.399. The van der Waals surface area contributed by atoms with E-state index in [2.05, 4.69) is 26.1 Å². The second-order valence-corrected chi connectivity index (χ2v) is 14.1. The number of aliphatic hydroxyl groups excluding tert-OH is 2. The Morgan fingerprint density at radius 3 is 2.40 bits per heavy atom. The van der Waals surface area contributed by atoms with E-state index in [-0.39, 0.29) is 65.0 Å². The smallest absolute Gasteiger partial charge is 0.748 e. The zero-order chi connectivity index (χ0) is 24.9. The number of amides is 1. The summed E-state index contributed by atoms with van der Waals surface area (Å²) in [7, 11) is -4.31. The van der Waals surface area contributed by atoms with Crippen LogP contribution in [0.5, 0.6) is 0 Å². The predicted octanol–water partition coefficient (Wildman–Crippen LogP) is 0.0587. The van der Waals surface area contributed by atoms with Gasteiger partial charge in [0.2, 0.25) is 5.91 Å². The van der Waals surface area contributed by atoms with E-state index in [0.29, 0.717) is 41.9 Å². The fraction of sp³-hybridized carbons (Fsp3) is 0.962. The molecule has 9 heteroatoms. The first-order chi connectivity index (χ1) is 15.8. The molecule has 4 unspecified atom stereocenters. The molecule has 0 aromatic heterocycles. The van der Waals surface area contributed by atoms with E-state index >= 15 is 0 Å². The van der Waals surface area contributed by atoms with Crippen molar-refractivity contribution >= 4 is 16.0 Å². The van der Waals surface area contributed by atoms with Gasteiger partial charge in [-0.15, -0.1) is 0 Å². The summed E-state index contributed by atoms with van der Waals surface area (Å²) in [4.78, 5) is 12.2. The van der Waals surface area contributed by atoms with Crippen LogP contribution in [-0.4, -0.2) is 53.6 Å². The molecule has 4 fully saturated rings. The monoisotopic (exact) mass is 521 g/mol. The molecule has 0 bridgehead atoms. The van der Waals surface area contributed by atoms with Crippen LogP contribution in [0, 0.1) is 46.3 Å². The van der Waals surface area contributed by atoms with Crippen molar-refractivity contribution in [2.24, 2.45) is 46.3 Å². The molecule has 4 aliphatic carbocycles. The summed E-state index contributed by atoms with van der Waals surface area (Å²) < 4.78 is 32.2. The number of carbonyl (C=O) groups excluding carboxylic acids is 1. The Bertz CT molecular complexity index is 870. The van der Waals surface area contributed by atoms with E-state index in [9.17, 15) is 28.0 Å². The molecule has 0 radical (unpaired) electrons. The Hall–Kier alpha value is 0.300. The SMILES string of the molecule is C[C@H](CCC(=O)NCCS(=O)(=O)[O-])[C@H]1CCC2C3C(CC[C@@]21C)[C@@]1(C)CC[C@@H](O)CC1C[C@H]3O.[Na+]. The van der Waals surface area contributed by atoms with Crippen LogP contribution in [-0.2, 0) is 14.9 Å². The molecule has 7 nitrogen and oxygen atoms in total. The molecule has 0 aromatic rings. The predicted molar refractivity (Wildman–Crippen MR) is 129 cm³/mol. The van der Waals surface area contributed by atoms with E-state index in [1.807, 2.05) is 0 Å². The zero-order valence-electron chi connectivity index (χ0n) is 22.0. The van der Waals surface area contributed by atoms with E-state index in [4.69, 9.17) is 0 Å². The maximum Gasteiger partial charge on any atom is 1.00 e. The second-order valence-electron chi connectivity index (χ2n) is 12.6. The minimum absolute atomic E-state index is 0. The zero-order valence-corrected chi connectivity index (χ0v) is 24.9. The average molecular weight is 522 g/mol. The van der Waals surface area contributed by atoms with Crippen LogP contribution in [0.4, 0.5) is 0 Å². The molecule has 4 saturated carbocycles. The molecule has 0 heterocycles. The van der Waals surface area contributed by atoms with Crippen LogP contribution in [0.2, 0.25) is 0 Å². The number of hydrogen-bond donors (Lipinski definition) is 3. The number of carbonyl (C=O) groups is 1. The molecule has 0 aromatic carbocycles. The summed E-state index contributed by atoms with van der Waals surface area (Å²) in [6.07, 6.45) is 8.78. The first-order valence-electron chi connectivity index (χ1n) is 13.4. The van der Waals surface area contributed by atoms with Crippen molar-refractivity contribution in [1.29, 1.82) is 0 Å². The van der Waals surface area contributed by atoms with E-state index < -0.39 is 15.9 Å². The first kappa shape index (κ1) is 29.9. The summed E-state index contributed by atoms with van der Waals surface area (Å²) in [6.45, 7) is 6.96. The Morgan fingerprint density at radius 1 is 1.06 bits per heavy atom. The molecular formula is C26H44NNaO6S. The van der Waals surface area contributed by atoms with Gasteiger partial charge in [-0.05, 0) is 104 Å². The standard InChI is InChI=1S/C26H45NO6S.Na/c1-16(4-7-23(30)27-12-13-34(31,32)33)19-5-6-20-24-21(9-11-26(19,20)3)25(2)10-8-18(28)14-17(25)15-22(24)29;/h16-22,24,28-29H,4-15H2,1-3H3,(H,27,30)(H,31,32,33);/q;+1/p-1/t16-,17?,18-,19-,20?,21?,22-,24?,25+,26-;/m1./s1. The largest absolute Gasteiger partial charge is 1.00 e. The van der Waals surface area contributed by atoms with Crippen molar-refractivity contribution in [3.8, 4) is 0 Å². The molecular weight excluding hydrogens is 477 g/mol. The maximum atomic E-state index is 12.2. The third-order valence-electron chi connectivity index (χ3n) is 10.9. The van der Waals surface area contributed by atoms with Gasteiger partial charge >= 0.3 is 29.6 Å². The number of nitrogens with one attached hydrogen (secondary N) is 1. The summed E-state index contributed by atoms with van der Waals surface area (Å²) in [5, 5.41) is 24.2. The van der Waals surface area contributed by atoms with Gasteiger partial charge in [-0.25, -0.2) is 8.42 Å². The van der Waals surface area contributed by atoms with E-state index in [0.717, 1.165) is 51.4 Å². The van der Waals surface area contributed by atoms with Gasteiger partial charge in [-0.2, -0.15) is 0 Å². The van der Waals surface area contributed by atoms with Crippen molar-refractivity contribution in [2.45, 2.75) is 97.2 Å². The van der Waals surface area contributed by atoms with Crippen LogP contribution in [0.1, 0.15) is 85.0 Å². The number of rotatable bonds is 7. The summed E-state index contributed by atoms with van der Waals surface area (Å²) >= 11 is 0. The van der Waals surface area contributed by atoms with Gasteiger partial charge < -0.3 is 20.1 Å². The van der Waals surface area contributed by atoms with Crippen LogP contribution in [0.25, 0.3) is 0 Å². The van der Waals surface area contributed by atoms with Crippen LogP contribution in [0.15, 0.2) is 0 Å². The minimum Gasteiger partial charge on any atom is -0.748 e. The molecule has 35 heavy (non-hydrogen) atoms. The van der Waals surface area contributed by atoms with Gasteiger partial charge in [0.05, 0.1) is 28.1 Å². The molecule has 0 spiro atoms. The Morgan fingerprint density at radius 2 is 1.71 bits per heavy atom. The normalized spacial score (nSPS) is 43.8. The average Bonchev–Trinajstić information content (AvgIpc) is 3.09. The molecule has 10 atom stereocenters. The third kappa shape index (κ3) is 5.99. The van der Waals surface area contributed by atoms with Gasteiger partial charge in [0.1, 0.15) is 0 Å². The topological polar surface area (TPSA) is 127 Å². The molecule has 0 aliphatic heterocycles. The van der Waals surface area contributed by atoms with Crippen molar-refractivity contribution in [1.82, 2.24) is 5.32 Å². The van der Waals surface area contributed by atoms with Crippen molar-refractivity contribution < 1.29 is 57.5 Å². The number of aliphatic hydroxyl groups is 2. The molecule has 196 valence electrons. The molecule has 0 saturated heterocycles. The summed E-state index contributed by atoms with van der Waals surface area (Å²) in [5.74, 6) is 1.92. The number of fused-ring (bicyclic) bond motifs is 5. The molecule has 4 aliphatic rings. The molecule has 4 rings (SSSR count). The number of hydrogen-bond acceptors (Lipinski definition) is 6. The van der Waals surface area contributed by atoms with Crippen LogP contribution >= 0.6 is 0 Å². The maximum absolute atomic E-state index is 12.2. The molecule has 1 amide bonds. The van der Waals surface area contributed by atoms with E-state index in [1.54, 1.807) is 0 Å².